The normalized spacial score (nSPS) is 12.2. The first kappa shape index (κ1) is 22.2. The minimum absolute atomic E-state index is 0. The van der Waals surface area contributed by atoms with Gasteiger partial charge in [0.05, 0.1) is 0 Å². The first-order chi connectivity index (χ1) is 7.52. The van der Waals surface area contributed by atoms with Gasteiger partial charge in [-0.2, -0.15) is 0 Å². The topological polar surface area (TPSA) is 92.2 Å². The molecule has 0 bridgehead atoms. The van der Waals surface area contributed by atoms with Gasteiger partial charge < -0.3 is 19.6 Å². The van der Waals surface area contributed by atoms with Crippen molar-refractivity contribution < 1.29 is 78.7 Å². The van der Waals surface area contributed by atoms with E-state index in [1.165, 1.54) is 0 Å². The van der Waals surface area contributed by atoms with Crippen LogP contribution in [0.4, 0.5) is 0 Å². The maximum atomic E-state index is 10.8. The molecule has 18 heavy (non-hydrogen) atoms. The Morgan fingerprint density at radius 3 is 1.78 bits per heavy atom. The minimum Gasteiger partial charge on any atom is -0.682 e. The van der Waals surface area contributed by atoms with Gasteiger partial charge in [-0.25, -0.2) is 0 Å². The van der Waals surface area contributed by atoms with Crippen LogP contribution in [-0.2, 0) is 0 Å². The van der Waals surface area contributed by atoms with E-state index in [1.54, 1.807) is 0 Å². The fourth-order valence-electron chi connectivity index (χ4n) is 1.56. The summed E-state index contributed by atoms with van der Waals surface area (Å²) in [6.07, 6.45) is 0.145. The molecule has 1 unspecified atom stereocenters. The number of hydrogen-bond donors (Lipinski definition) is 0. The van der Waals surface area contributed by atoms with Crippen molar-refractivity contribution in [2.24, 2.45) is 0 Å². The Hall–Kier alpha value is 1.92. The summed E-state index contributed by atoms with van der Waals surface area (Å²) in [4.78, 5) is 43.2. The molecule has 0 aliphatic rings. The van der Waals surface area contributed by atoms with Crippen LogP contribution in [-0.4, -0.2) is 5.40 Å². The van der Waals surface area contributed by atoms with Crippen LogP contribution in [0.2, 0.25) is 0 Å². The van der Waals surface area contributed by atoms with Gasteiger partial charge in [-0.15, -0.1) is 0 Å². The molecule has 4 nitrogen and oxygen atoms in total. The predicted molar refractivity (Wildman–Crippen MR) is 59.9 cm³/mol. The van der Waals surface area contributed by atoms with Crippen LogP contribution in [0.1, 0.15) is 24.8 Å². The predicted octanol–water partition coefficient (Wildman–Crippen LogP) is -6.96. The molecule has 90 valence electrons. The molecule has 0 saturated carbocycles. The van der Waals surface area contributed by atoms with Crippen molar-refractivity contribution in [2.75, 3.05) is 0 Å². The Bertz CT molecular complexity index is 306. The zero-order valence-electron chi connectivity index (χ0n) is 10.9. The van der Waals surface area contributed by atoms with Crippen molar-refractivity contribution in [1.82, 2.24) is 0 Å². The summed E-state index contributed by atoms with van der Waals surface area (Å²) in [6.45, 7) is 1.83. The monoisotopic (exact) mass is 306 g/mol. The van der Waals surface area contributed by atoms with E-state index in [9.17, 15) is 19.6 Å². The number of benzene rings is 1. The van der Waals surface area contributed by atoms with E-state index in [2.05, 4.69) is 0 Å². The first-order valence-corrected chi connectivity index (χ1v) is 7.77. The van der Waals surface area contributed by atoms with E-state index in [-0.39, 0.29) is 71.5 Å². The molecule has 8 heteroatoms. The van der Waals surface area contributed by atoms with E-state index in [1.807, 2.05) is 37.3 Å². The van der Waals surface area contributed by atoms with Gasteiger partial charge in [-0.1, -0.05) is 54.0 Å². The Morgan fingerprint density at radius 1 is 0.944 bits per heavy atom. The Labute approximate surface area is 154 Å². The third-order valence-electron chi connectivity index (χ3n) is 2.53. The van der Waals surface area contributed by atoms with Crippen LogP contribution in [0.25, 0.3) is 0 Å². The molecule has 1 atom stereocenters. The Morgan fingerprint density at radius 2 is 1.39 bits per heavy atom. The molecule has 0 aliphatic heterocycles. The smallest absolute Gasteiger partial charge is 0.682 e. The summed E-state index contributed by atoms with van der Waals surface area (Å²) >= 11 is 0. The molecule has 1 aromatic carbocycles. The van der Waals surface area contributed by atoms with E-state index in [0.29, 0.717) is 0 Å². The molecule has 0 fully saturated rings. The van der Waals surface area contributed by atoms with Crippen LogP contribution in [0.15, 0.2) is 30.3 Å². The maximum absolute atomic E-state index is 10.8. The summed E-state index contributed by atoms with van der Waals surface area (Å²) in [6, 6.07) is 9.29. The summed E-state index contributed by atoms with van der Waals surface area (Å²) in [7, 11) is -6.51. The third kappa shape index (κ3) is 7.64. The zero-order valence-corrected chi connectivity index (χ0v) is 16.9. The molecule has 0 saturated heterocycles. The van der Waals surface area contributed by atoms with Crippen LogP contribution in [0.5, 0.6) is 0 Å². The molecular weight excluding hydrogens is 292 g/mol. The largest absolute Gasteiger partial charge is 1.00 e. The van der Waals surface area contributed by atoms with Gasteiger partial charge >= 0.3 is 59.1 Å². The molecular formula is C10H14Na2O4P2. The summed E-state index contributed by atoms with van der Waals surface area (Å²) in [5, 5.41) is -1.19. The second-order valence-corrected chi connectivity index (χ2v) is 6.99. The fraction of sp³-hybridized carbons (Fsp3) is 0.400. The van der Waals surface area contributed by atoms with Gasteiger partial charge in [-0.3, -0.25) is 0 Å². The van der Waals surface area contributed by atoms with Gasteiger partial charge in [-0.05, 0) is 11.5 Å². The molecule has 0 radical (unpaired) electrons. The molecule has 0 heterocycles. The van der Waals surface area contributed by atoms with Gasteiger partial charge in [0.25, 0.3) is 0 Å². The second kappa shape index (κ2) is 11.6. The van der Waals surface area contributed by atoms with E-state index in [0.717, 1.165) is 5.56 Å². The molecule has 0 aromatic heterocycles. The average molecular weight is 306 g/mol. The van der Waals surface area contributed by atoms with Crippen LogP contribution in [0.3, 0.4) is 0 Å². The van der Waals surface area contributed by atoms with Crippen LogP contribution < -0.4 is 78.7 Å². The zero-order chi connectivity index (χ0) is 12.1. The van der Waals surface area contributed by atoms with Gasteiger partial charge in [0, 0.05) is 6.42 Å². The molecule has 0 spiro atoms. The summed E-state index contributed by atoms with van der Waals surface area (Å²) in [5.41, 5.74) is 0.957. The second-order valence-electron chi connectivity index (χ2n) is 3.74. The number of hydrogen-bond acceptors (Lipinski definition) is 4. The third-order valence-corrected chi connectivity index (χ3v) is 5.55. The molecule has 1 rings (SSSR count). The van der Waals surface area contributed by atoms with Gasteiger partial charge in [0.2, 0.25) is 0 Å². The molecule has 0 amide bonds. The van der Waals surface area contributed by atoms with Crippen LogP contribution in [0, 0.1) is 0 Å². The first-order valence-electron chi connectivity index (χ1n) is 4.99. The van der Waals surface area contributed by atoms with E-state index < -0.39 is 22.2 Å². The standard InChI is InChI=1S/C10H14O4P2.2Na/c1-8(9-5-3-2-4-6-9)7-10(15(11)12)16(13)14;;/h2-6,8,10,15-16H,7H2,1H3;;/q-2;2*+1. The fourth-order valence-corrected chi connectivity index (χ4v) is 3.42. The molecule has 1 aromatic rings. The van der Waals surface area contributed by atoms with Gasteiger partial charge in [0.1, 0.15) is 5.40 Å². The maximum Gasteiger partial charge on any atom is 1.00 e. The molecule has 0 aliphatic carbocycles. The van der Waals surface area contributed by atoms with Crippen molar-refractivity contribution in [3.63, 3.8) is 0 Å². The average Bonchev–Trinajstić information content (AvgIpc) is 2.25. The van der Waals surface area contributed by atoms with Crippen LogP contribution >= 0.6 is 16.8 Å². The molecule has 0 N–H and O–H groups in total. The Kier molecular flexibility index (Phi) is 14.3. The van der Waals surface area contributed by atoms with E-state index in [4.69, 9.17) is 0 Å². The Balaban J connectivity index is 0. The van der Waals surface area contributed by atoms with Crippen molar-refractivity contribution in [2.45, 2.75) is 24.7 Å². The van der Waals surface area contributed by atoms with Crippen molar-refractivity contribution in [3.8, 4) is 0 Å². The van der Waals surface area contributed by atoms with Crippen molar-refractivity contribution >= 4 is 16.8 Å². The quantitative estimate of drug-likeness (QED) is 0.399. The minimum atomic E-state index is -3.25. The SMILES string of the molecule is CC(CC([PH+]([O-])[O-])[PH+]([O-])[O-])c1ccccc1.[Na+].[Na+]. The summed E-state index contributed by atoms with van der Waals surface area (Å²) < 4.78 is 0. The summed E-state index contributed by atoms with van der Waals surface area (Å²) in [5.74, 6) is -0.0722. The van der Waals surface area contributed by atoms with Crippen molar-refractivity contribution in [3.05, 3.63) is 35.9 Å². The van der Waals surface area contributed by atoms with Crippen molar-refractivity contribution in [1.29, 1.82) is 0 Å². The number of rotatable bonds is 5. The van der Waals surface area contributed by atoms with E-state index >= 15 is 0 Å². The van der Waals surface area contributed by atoms with Gasteiger partial charge in [0.15, 0.2) is 0 Å².